The van der Waals surface area contributed by atoms with Crippen LogP contribution < -0.4 is 34.5 Å². The minimum absolute atomic E-state index is 0. The number of nitrogens with zero attached hydrogens (tertiary/aromatic N) is 1. The summed E-state index contributed by atoms with van der Waals surface area (Å²) < 4.78 is 0. The van der Waals surface area contributed by atoms with Gasteiger partial charge in [0.1, 0.15) is 0 Å². The van der Waals surface area contributed by atoms with E-state index in [0.717, 1.165) is 12.2 Å². The number of aryl methyl sites for hydroxylation is 1. The molecule has 0 fully saturated rings. The molecule has 0 aliphatic heterocycles. The fourth-order valence-corrected chi connectivity index (χ4v) is 1.65. The summed E-state index contributed by atoms with van der Waals surface area (Å²) in [5.41, 5.74) is 2.39. The van der Waals surface area contributed by atoms with Gasteiger partial charge in [0, 0.05) is 24.9 Å². The van der Waals surface area contributed by atoms with Gasteiger partial charge >= 0.3 is 29.6 Å². The van der Waals surface area contributed by atoms with Gasteiger partial charge < -0.3 is 22.6 Å². The first kappa shape index (κ1) is 16.3. The fourth-order valence-electron chi connectivity index (χ4n) is 1.55. The van der Waals surface area contributed by atoms with Gasteiger partial charge in [-0.1, -0.05) is 12.1 Å². The first-order valence-corrected chi connectivity index (χ1v) is 5.83. The molecule has 2 nitrogen and oxygen atoms in total. The van der Waals surface area contributed by atoms with Gasteiger partial charge in [0.25, 0.3) is 0 Å². The topological polar surface area (TPSA) is 23.5 Å². The second-order valence-electron chi connectivity index (χ2n) is 3.70. The second-order valence-corrected chi connectivity index (χ2v) is 4.03. The molecule has 0 spiro atoms. The molecule has 0 aliphatic carbocycles. The average Bonchev–Trinajstić information content (AvgIpc) is 2.25. The maximum absolute atomic E-state index is 9.54. The van der Waals surface area contributed by atoms with Gasteiger partial charge in [0.15, 0.2) is 0 Å². The van der Waals surface area contributed by atoms with Gasteiger partial charge in [-0.05, 0) is 31.5 Å². The quantitative estimate of drug-likeness (QED) is 0.519. The van der Waals surface area contributed by atoms with Crippen LogP contribution >= 0.6 is 0 Å². The van der Waals surface area contributed by atoms with Crippen molar-refractivity contribution < 1.29 is 34.7 Å². The van der Waals surface area contributed by atoms with Crippen LogP contribution in [0.1, 0.15) is 12.5 Å². The van der Waals surface area contributed by atoms with E-state index in [-0.39, 0.29) is 29.6 Å². The van der Waals surface area contributed by atoms with Gasteiger partial charge in [-0.3, -0.25) is 0 Å². The third kappa shape index (κ3) is 5.11. The molecule has 0 bridgehead atoms. The summed E-state index contributed by atoms with van der Waals surface area (Å²) in [7, 11) is 0. The smallest absolute Gasteiger partial charge is 0.790 e. The summed E-state index contributed by atoms with van der Waals surface area (Å²) in [5, 5.41) is 9.54. The van der Waals surface area contributed by atoms with E-state index in [0.29, 0.717) is 12.3 Å². The number of likely N-dealkylation sites (N-methyl/N-ethyl adjacent to an activating group) is 1. The molecule has 1 aromatic rings. The number of rotatable bonds is 5. The van der Waals surface area contributed by atoms with Crippen LogP contribution in [0.15, 0.2) is 24.3 Å². The number of benzene rings is 1. The largest absolute Gasteiger partial charge is 1.00 e. The van der Waals surface area contributed by atoms with Gasteiger partial charge in [0.05, 0.1) is 0 Å². The van der Waals surface area contributed by atoms with Crippen molar-refractivity contribution in [1.82, 2.24) is 0 Å². The van der Waals surface area contributed by atoms with Gasteiger partial charge in [-0.2, -0.15) is 0 Å². The first-order valence-electron chi connectivity index (χ1n) is 5.25. The number of hydrogen-bond acceptors (Lipinski definition) is 3. The summed E-state index contributed by atoms with van der Waals surface area (Å²) in [6.45, 7) is 5.65. The molecule has 0 radical (unpaired) electrons. The van der Waals surface area contributed by atoms with Crippen LogP contribution in [0.2, 0.25) is 0 Å². The monoisotopic (exact) mass is 247 g/mol. The Hall–Kier alpha value is 0.330. The molecule has 0 saturated carbocycles. The summed E-state index contributed by atoms with van der Waals surface area (Å²) in [4.78, 5) is 2.14. The van der Waals surface area contributed by atoms with Crippen LogP contribution in [0.5, 0.6) is 0 Å². The minimum Gasteiger partial charge on any atom is -0.790 e. The first-order chi connectivity index (χ1) is 7.17. The molecule has 0 heterocycles. The molecule has 84 valence electrons. The Morgan fingerprint density at radius 1 is 1.44 bits per heavy atom. The van der Waals surface area contributed by atoms with Crippen molar-refractivity contribution in [3.63, 3.8) is 0 Å². The van der Waals surface area contributed by atoms with Crippen LogP contribution in [0, 0.1) is 6.92 Å². The third-order valence-electron chi connectivity index (χ3n) is 2.37. The Morgan fingerprint density at radius 3 is 2.62 bits per heavy atom. The van der Waals surface area contributed by atoms with E-state index in [4.69, 9.17) is 12.6 Å². The fraction of sp³-hybridized carbons (Fsp3) is 0.500. The number of aliphatic hydroxyl groups is 1. The SMILES string of the molecule is CCN(CC(O)C[S-])c1cccc(C)c1.[Na+]. The van der Waals surface area contributed by atoms with E-state index in [9.17, 15) is 5.11 Å². The maximum Gasteiger partial charge on any atom is 1.00 e. The van der Waals surface area contributed by atoms with Crippen molar-refractivity contribution in [3.05, 3.63) is 29.8 Å². The summed E-state index contributed by atoms with van der Waals surface area (Å²) >= 11 is 4.84. The van der Waals surface area contributed by atoms with Crippen LogP contribution in [-0.2, 0) is 12.6 Å². The Balaban J connectivity index is 0.00000225. The molecular weight excluding hydrogens is 229 g/mol. The average molecular weight is 247 g/mol. The molecule has 1 N–H and O–H groups in total. The summed E-state index contributed by atoms with van der Waals surface area (Å²) in [5.74, 6) is 0.391. The van der Waals surface area contributed by atoms with Crippen molar-refractivity contribution in [1.29, 1.82) is 0 Å². The van der Waals surface area contributed by atoms with E-state index < -0.39 is 6.10 Å². The van der Waals surface area contributed by atoms with Crippen LogP contribution in [0.4, 0.5) is 5.69 Å². The Labute approximate surface area is 126 Å². The van der Waals surface area contributed by atoms with Crippen LogP contribution in [0.3, 0.4) is 0 Å². The van der Waals surface area contributed by atoms with Crippen molar-refractivity contribution in [2.45, 2.75) is 20.0 Å². The number of anilines is 1. The number of hydrogen-bond donors (Lipinski definition) is 1. The molecule has 1 unspecified atom stereocenters. The minimum atomic E-state index is -0.416. The summed E-state index contributed by atoms with van der Waals surface area (Å²) in [6.07, 6.45) is -0.416. The zero-order chi connectivity index (χ0) is 11.3. The predicted octanol–water partition coefficient (Wildman–Crippen LogP) is -1.27. The molecule has 0 saturated heterocycles. The molecule has 0 amide bonds. The van der Waals surface area contributed by atoms with E-state index in [1.807, 2.05) is 6.07 Å². The van der Waals surface area contributed by atoms with Gasteiger partial charge in [-0.25, -0.2) is 0 Å². The second kappa shape index (κ2) is 8.43. The third-order valence-corrected chi connectivity index (χ3v) is 2.76. The van der Waals surface area contributed by atoms with E-state index in [2.05, 4.69) is 36.9 Å². The van der Waals surface area contributed by atoms with E-state index in [1.165, 1.54) is 5.56 Å². The van der Waals surface area contributed by atoms with E-state index >= 15 is 0 Å². The molecule has 4 heteroatoms. The molecular formula is C12H18NNaOS. The zero-order valence-electron chi connectivity index (χ0n) is 10.3. The van der Waals surface area contributed by atoms with Crippen molar-refractivity contribution in [2.75, 3.05) is 23.7 Å². The predicted molar refractivity (Wildman–Crippen MR) is 67.3 cm³/mol. The molecule has 1 aromatic carbocycles. The zero-order valence-corrected chi connectivity index (χ0v) is 13.1. The maximum atomic E-state index is 9.54. The molecule has 1 rings (SSSR count). The van der Waals surface area contributed by atoms with Crippen molar-refractivity contribution >= 4 is 18.3 Å². The van der Waals surface area contributed by atoms with Crippen molar-refractivity contribution in [2.24, 2.45) is 0 Å². The standard InChI is InChI=1S/C12H19NOS.Na/c1-3-13(8-12(14)9-15)11-6-4-5-10(2)7-11;/h4-7,12,14-15H,3,8-9H2,1-2H3;/q;+1/p-1. The molecule has 0 aliphatic rings. The van der Waals surface area contributed by atoms with Gasteiger partial charge in [0.2, 0.25) is 0 Å². The molecule has 1 atom stereocenters. The summed E-state index contributed by atoms with van der Waals surface area (Å²) in [6, 6.07) is 8.29. The van der Waals surface area contributed by atoms with Gasteiger partial charge in [-0.15, -0.1) is 5.75 Å². The van der Waals surface area contributed by atoms with Crippen LogP contribution in [-0.4, -0.2) is 30.1 Å². The van der Waals surface area contributed by atoms with Crippen molar-refractivity contribution in [3.8, 4) is 0 Å². The normalized spacial score (nSPS) is 11.8. The Morgan fingerprint density at radius 2 is 2.12 bits per heavy atom. The van der Waals surface area contributed by atoms with E-state index in [1.54, 1.807) is 0 Å². The number of aliphatic hydroxyl groups excluding tert-OH is 1. The molecule has 0 aromatic heterocycles. The Bertz CT molecular complexity index is 309. The van der Waals surface area contributed by atoms with Crippen LogP contribution in [0.25, 0.3) is 0 Å². The molecule has 16 heavy (non-hydrogen) atoms. The Kier molecular flexibility index (Phi) is 8.60.